The Hall–Kier alpha value is -4.74. The maximum atomic E-state index is 12.4. The molecule has 0 rings (SSSR count). The molecule has 0 saturated carbocycles. The largest absolute Gasteiger partial charge is 0.462 e. The van der Waals surface area contributed by atoms with Crippen molar-refractivity contribution in [1.82, 2.24) is 0 Å². The first-order valence-electron chi connectivity index (χ1n) is 39.7. The number of carbonyl (C=O) groups is 2. The number of ether oxygens (including phenoxy) is 2. The highest BCUT2D eigenvalue weighted by atomic mass is 16.6. The van der Waals surface area contributed by atoms with Crippen molar-refractivity contribution >= 4 is 11.9 Å². The van der Waals surface area contributed by atoms with Crippen LogP contribution >= 0.6 is 0 Å². The molecule has 0 radical (unpaired) electrons. The molecule has 0 amide bonds. The molecule has 5 heteroatoms. The first-order valence-corrected chi connectivity index (χ1v) is 39.7. The van der Waals surface area contributed by atoms with Crippen molar-refractivity contribution in [3.63, 3.8) is 0 Å². The second-order valence-corrected chi connectivity index (χ2v) is 26.0. The van der Waals surface area contributed by atoms with E-state index >= 15 is 0 Å². The predicted molar refractivity (Wildman–Crippen MR) is 417 cm³/mol. The van der Waals surface area contributed by atoms with E-state index in [2.05, 4.69) is 184 Å². The summed E-state index contributed by atoms with van der Waals surface area (Å²) < 4.78 is 10.8. The minimum Gasteiger partial charge on any atom is -0.462 e. The van der Waals surface area contributed by atoms with Crippen LogP contribution in [0.2, 0.25) is 0 Å². The number of esters is 2. The quantitative estimate of drug-likeness (QED) is 0.0373. The van der Waals surface area contributed by atoms with E-state index in [1.54, 1.807) is 0 Å². The Morgan fingerprint density at radius 1 is 0.245 bits per heavy atom. The van der Waals surface area contributed by atoms with Gasteiger partial charge in [-0.15, -0.1) is 0 Å². The minimum atomic E-state index is -0.787. The molecule has 0 bridgehead atoms. The van der Waals surface area contributed by atoms with Gasteiger partial charge in [-0.2, -0.15) is 0 Å². The lowest BCUT2D eigenvalue weighted by molar-refractivity contribution is -0.161. The summed E-state index contributed by atoms with van der Waals surface area (Å²) in [4.78, 5) is 24.7. The van der Waals surface area contributed by atoms with E-state index in [1.165, 1.54) is 199 Å². The molecule has 0 aliphatic carbocycles. The van der Waals surface area contributed by atoms with Crippen molar-refractivity contribution in [1.29, 1.82) is 0 Å². The molecule has 534 valence electrons. The van der Waals surface area contributed by atoms with Crippen LogP contribution in [-0.2, 0) is 19.1 Å². The number of aliphatic hydroxyl groups is 1. The lowest BCUT2D eigenvalue weighted by Gasteiger charge is -2.15. The van der Waals surface area contributed by atoms with Crippen molar-refractivity contribution in [3.05, 3.63) is 170 Å². The summed E-state index contributed by atoms with van der Waals surface area (Å²) in [6, 6.07) is 0. The van der Waals surface area contributed by atoms with Gasteiger partial charge in [0, 0.05) is 12.8 Å². The standard InChI is InChI=1S/C89H148O5/c1-3-5-7-9-11-13-15-17-19-21-23-25-27-29-31-33-35-37-39-41-43-44-46-47-49-51-53-55-57-59-61-63-65-67-69-71-73-75-77-79-81-83-88(91)93-86-87(85-90)94-89(92)84-82-80-78-76-74-72-70-68-66-64-62-60-58-56-54-52-50-48-45-42-40-38-36-34-32-30-28-26-24-22-20-18-16-14-12-10-8-6-4-2/h5-8,11-14,17-20,23-26,30,32,36,38,42,45,50,52,56,58,62,64,87,90H,3-4,9-10,15-16,21-22,27-29,31,33-35,37,39-41,43-44,46-49,51,53-55,57,59-61,63,65-86H2,1-2H3/b7-5-,8-6-,13-11-,14-12-,19-17-,20-18-,25-23-,26-24-,32-30-,38-36-,45-42-,52-50-,58-56-,64-62-. The number of rotatable bonds is 72. The fourth-order valence-corrected chi connectivity index (χ4v) is 11.2. The second-order valence-electron chi connectivity index (χ2n) is 26.0. The zero-order chi connectivity index (χ0) is 67.5. The monoisotopic (exact) mass is 1300 g/mol. The number of aliphatic hydroxyl groups excluding tert-OH is 1. The molecule has 1 N–H and O–H groups in total. The zero-order valence-corrected chi connectivity index (χ0v) is 61.4. The highest BCUT2D eigenvalue weighted by Crippen LogP contribution is 2.18. The molecule has 1 atom stereocenters. The Labute approximate surface area is 583 Å². The third-order valence-electron chi connectivity index (χ3n) is 17.0. The van der Waals surface area contributed by atoms with Crippen LogP contribution in [0.3, 0.4) is 0 Å². The lowest BCUT2D eigenvalue weighted by Crippen LogP contribution is -2.28. The maximum absolute atomic E-state index is 12.4. The van der Waals surface area contributed by atoms with Gasteiger partial charge in [-0.1, -0.05) is 389 Å². The van der Waals surface area contributed by atoms with E-state index in [-0.39, 0.29) is 25.2 Å². The average molecular weight is 1300 g/mol. The van der Waals surface area contributed by atoms with E-state index in [9.17, 15) is 14.7 Å². The highest BCUT2D eigenvalue weighted by molar-refractivity contribution is 5.70. The van der Waals surface area contributed by atoms with Crippen LogP contribution < -0.4 is 0 Å². The van der Waals surface area contributed by atoms with Gasteiger partial charge >= 0.3 is 11.9 Å². The Kier molecular flexibility index (Phi) is 78.3. The molecule has 0 saturated heterocycles. The number of carbonyl (C=O) groups excluding carboxylic acids is 2. The van der Waals surface area contributed by atoms with Crippen LogP contribution in [0, 0.1) is 0 Å². The van der Waals surface area contributed by atoms with Crippen LogP contribution in [0.1, 0.15) is 361 Å². The maximum Gasteiger partial charge on any atom is 0.306 e. The number of allylic oxidation sites excluding steroid dienone is 28. The molecule has 0 heterocycles. The van der Waals surface area contributed by atoms with Crippen LogP contribution in [-0.4, -0.2) is 36.4 Å². The molecular formula is C89H148O5. The normalized spacial score (nSPS) is 13.2. The molecule has 1 unspecified atom stereocenters. The first kappa shape index (κ1) is 89.3. The Balaban J connectivity index is 3.49. The van der Waals surface area contributed by atoms with E-state index in [4.69, 9.17) is 9.47 Å². The van der Waals surface area contributed by atoms with Gasteiger partial charge in [0.25, 0.3) is 0 Å². The third kappa shape index (κ3) is 79.7. The Bertz CT molecular complexity index is 2010. The van der Waals surface area contributed by atoms with Crippen LogP contribution in [0.5, 0.6) is 0 Å². The molecule has 0 aromatic rings. The number of unbranched alkanes of at least 4 members (excludes halogenated alkanes) is 36. The summed E-state index contributed by atoms with van der Waals surface area (Å²) in [5.74, 6) is -0.594. The van der Waals surface area contributed by atoms with Crippen LogP contribution in [0.4, 0.5) is 0 Å². The molecule has 0 aliphatic rings. The molecule has 0 fully saturated rings. The third-order valence-corrected chi connectivity index (χ3v) is 17.0. The van der Waals surface area contributed by atoms with Gasteiger partial charge in [0.05, 0.1) is 6.61 Å². The van der Waals surface area contributed by atoms with E-state index < -0.39 is 6.10 Å². The average Bonchev–Trinajstić information content (AvgIpc) is 3.65. The highest BCUT2D eigenvalue weighted by Gasteiger charge is 2.16. The molecule has 0 aliphatic heterocycles. The SMILES string of the molecule is CC/C=C\C/C=C\C/C=C\C/C=C\C/C=C\C/C=C\C/C=C\C/C=C\C/C=C\C/C=C\CCCCCCCCCCC(=O)OC(CO)COC(=O)CCCCCCCCCCCCCCCCCCCCCCCCCCCCCC/C=C\C/C=C\C/C=C\C/C=C\CC. The number of hydrogen-bond acceptors (Lipinski definition) is 5. The Morgan fingerprint density at radius 2 is 0.426 bits per heavy atom. The smallest absolute Gasteiger partial charge is 0.306 e. The van der Waals surface area contributed by atoms with Gasteiger partial charge in [-0.25, -0.2) is 0 Å². The van der Waals surface area contributed by atoms with Crippen LogP contribution in [0.25, 0.3) is 0 Å². The zero-order valence-electron chi connectivity index (χ0n) is 61.4. The summed E-state index contributed by atoms with van der Waals surface area (Å²) in [5.41, 5.74) is 0. The van der Waals surface area contributed by atoms with E-state index in [1.807, 2.05) is 0 Å². The predicted octanol–water partition coefficient (Wildman–Crippen LogP) is 28.3. The van der Waals surface area contributed by atoms with Gasteiger partial charge in [0.15, 0.2) is 6.10 Å². The number of hydrogen-bond donors (Lipinski definition) is 1. The fraction of sp³-hybridized carbons (Fsp3) is 0.663. The van der Waals surface area contributed by atoms with Gasteiger partial charge in [-0.05, 0) is 128 Å². The topological polar surface area (TPSA) is 72.8 Å². The lowest BCUT2D eigenvalue weighted by atomic mass is 10.0. The van der Waals surface area contributed by atoms with Crippen molar-refractivity contribution in [2.75, 3.05) is 13.2 Å². The van der Waals surface area contributed by atoms with Crippen molar-refractivity contribution in [2.24, 2.45) is 0 Å². The van der Waals surface area contributed by atoms with Crippen molar-refractivity contribution < 1.29 is 24.2 Å². The minimum absolute atomic E-state index is 0.0738. The van der Waals surface area contributed by atoms with Crippen molar-refractivity contribution in [3.8, 4) is 0 Å². The van der Waals surface area contributed by atoms with Crippen molar-refractivity contribution in [2.45, 2.75) is 367 Å². The van der Waals surface area contributed by atoms with Gasteiger partial charge in [-0.3, -0.25) is 9.59 Å². The molecule has 0 spiro atoms. The first-order chi connectivity index (χ1) is 46.6. The van der Waals surface area contributed by atoms with E-state index in [0.29, 0.717) is 12.8 Å². The molecule has 94 heavy (non-hydrogen) atoms. The van der Waals surface area contributed by atoms with E-state index in [0.717, 1.165) is 135 Å². The summed E-state index contributed by atoms with van der Waals surface area (Å²) in [6.45, 7) is 3.93. The van der Waals surface area contributed by atoms with Crippen LogP contribution in [0.15, 0.2) is 170 Å². The van der Waals surface area contributed by atoms with Gasteiger partial charge < -0.3 is 14.6 Å². The molecule has 0 aromatic carbocycles. The van der Waals surface area contributed by atoms with Gasteiger partial charge in [0.1, 0.15) is 6.61 Å². The summed E-state index contributed by atoms with van der Waals surface area (Å²) in [5, 5.41) is 9.73. The second kappa shape index (κ2) is 82.5. The summed E-state index contributed by atoms with van der Waals surface area (Å²) >= 11 is 0. The molecule has 0 aromatic heterocycles. The fourth-order valence-electron chi connectivity index (χ4n) is 11.2. The summed E-state index contributed by atoms with van der Waals surface area (Å²) in [7, 11) is 0. The molecule has 5 nitrogen and oxygen atoms in total. The molecular weight excluding hydrogens is 1150 g/mol. The van der Waals surface area contributed by atoms with Gasteiger partial charge in [0.2, 0.25) is 0 Å². The Morgan fingerprint density at radius 3 is 0.638 bits per heavy atom. The summed E-state index contributed by atoms with van der Waals surface area (Å²) in [6.07, 6.45) is 127.